The van der Waals surface area contributed by atoms with E-state index in [1.54, 1.807) is 0 Å². The molecule has 0 aromatic rings. The first kappa shape index (κ1) is 30.4. The summed E-state index contributed by atoms with van der Waals surface area (Å²) in [5.41, 5.74) is 6.28. The molecule has 0 aliphatic rings. The Bertz CT molecular complexity index is 311. The Morgan fingerprint density at radius 2 is 0.828 bits per heavy atom. The second-order valence-corrected chi connectivity index (χ2v) is 8.59. The molecule has 0 aromatic carbocycles. The highest BCUT2D eigenvalue weighted by Gasteiger charge is 2.02. The van der Waals surface area contributed by atoms with Gasteiger partial charge in [0, 0.05) is 6.04 Å². The molecule has 0 saturated heterocycles. The van der Waals surface area contributed by atoms with Gasteiger partial charge in [0.25, 0.3) is 5.09 Å². The molecule has 29 heavy (non-hydrogen) atoms. The number of nitrogens with zero attached hydrogens (tertiary/aromatic N) is 1. The van der Waals surface area contributed by atoms with E-state index in [4.69, 9.17) is 21.1 Å². The van der Waals surface area contributed by atoms with E-state index in [1.807, 2.05) is 0 Å². The smallest absolute Gasteiger partial charge is 0.291 e. The molecule has 176 valence electrons. The van der Waals surface area contributed by atoms with Gasteiger partial charge in [-0.1, -0.05) is 136 Å². The van der Waals surface area contributed by atoms with Crippen LogP contribution in [0.15, 0.2) is 0 Å². The van der Waals surface area contributed by atoms with Crippen molar-refractivity contribution >= 4 is 0 Å². The van der Waals surface area contributed by atoms with Crippen LogP contribution in [0, 0.1) is 10.1 Å². The van der Waals surface area contributed by atoms with Gasteiger partial charge in [-0.2, -0.15) is 0 Å². The van der Waals surface area contributed by atoms with Gasteiger partial charge in [0.1, 0.15) is 0 Å². The molecule has 3 N–H and O–H groups in total. The van der Waals surface area contributed by atoms with Crippen LogP contribution in [0.25, 0.3) is 0 Å². The fourth-order valence-electron chi connectivity index (χ4n) is 3.76. The molecule has 5 heteroatoms. The summed E-state index contributed by atoms with van der Waals surface area (Å²) in [5, 5.41) is 13.6. The third-order valence-electron chi connectivity index (χ3n) is 5.61. The highest BCUT2D eigenvalue weighted by atomic mass is 16.9. The third-order valence-corrected chi connectivity index (χ3v) is 5.61. The van der Waals surface area contributed by atoms with Crippen molar-refractivity contribution < 1.29 is 10.3 Å². The molecule has 1 unspecified atom stereocenters. The fourth-order valence-corrected chi connectivity index (χ4v) is 3.76. The average Bonchev–Trinajstić information content (AvgIpc) is 2.67. The van der Waals surface area contributed by atoms with Crippen LogP contribution in [-0.4, -0.2) is 16.3 Å². The Morgan fingerprint density at radius 1 is 0.621 bits per heavy atom. The zero-order valence-corrected chi connectivity index (χ0v) is 19.7. The molecule has 0 fully saturated rings. The molecule has 0 aromatic heterocycles. The predicted octanol–water partition coefficient (Wildman–Crippen LogP) is 8.20. The van der Waals surface area contributed by atoms with Gasteiger partial charge < -0.3 is 10.9 Å². The minimum absolute atomic E-state index is 0.471. The first-order valence-electron chi connectivity index (χ1n) is 12.6. The normalized spacial score (nSPS) is 11.7. The van der Waals surface area contributed by atoms with Crippen LogP contribution in [0.3, 0.4) is 0 Å². The minimum atomic E-state index is -1.50. The lowest BCUT2D eigenvalue weighted by molar-refractivity contribution is -0.742. The summed E-state index contributed by atoms with van der Waals surface area (Å²) in [6.45, 7) is 4.58. The van der Waals surface area contributed by atoms with Crippen LogP contribution < -0.4 is 5.73 Å². The molecule has 0 saturated carbocycles. The van der Waals surface area contributed by atoms with E-state index in [2.05, 4.69) is 13.8 Å². The molecule has 0 aliphatic heterocycles. The molecule has 0 radical (unpaired) electrons. The third kappa shape index (κ3) is 35.0. The fraction of sp³-hybridized carbons (Fsp3) is 1.00. The maximum Gasteiger partial charge on any atom is 0.291 e. The predicted molar refractivity (Wildman–Crippen MR) is 125 cm³/mol. The summed E-state index contributed by atoms with van der Waals surface area (Å²) in [7, 11) is 0. The summed E-state index contributed by atoms with van der Waals surface area (Å²) < 4.78 is 0. The van der Waals surface area contributed by atoms with Crippen molar-refractivity contribution in [1.82, 2.24) is 0 Å². The quantitative estimate of drug-likeness (QED) is 0.112. The highest BCUT2D eigenvalue weighted by Crippen LogP contribution is 2.14. The van der Waals surface area contributed by atoms with Gasteiger partial charge in [0.05, 0.1) is 0 Å². The van der Waals surface area contributed by atoms with Crippen molar-refractivity contribution in [2.75, 3.05) is 0 Å². The van der Waals surface area contributed by atoms with E-state index in [1.165, 1.54) is 135 Å². The molecule has 0 rings (SSSR count). The number of unbranched alkanes of at least 4 members (excludes halogenated alkanes) is 17. The average molecular weight is 417 g/mol. The zero-order chi connectivity index (χ0) is 22.0. The van der Waals surface area contributed by atoms with E-state index < -0.39 is 5.09 Å². The Hall–Kier alpha value is -0.840. The van der Waals surface area contributed by atoms with Crippen LogP contribution in [0.1, 0.15) is 149 Å². The number of hydrogen-bond acceptors (Lipinski definition) is 3. The largest absolute Gasteiger partial charge is 0.328 e. The van der Waals surface area contributed by atoms with Crippen LogP contribution in [-0.2, 0) is 0 Å². The Morgan fingerprint density at radius 3 is 1.07 bits per heavy atom. The Kier molecular flexibility index (Phi) is 28.4. The van der Waals surface area contributed by atoms with Crippen LogP contribution in [0.4, 0.5) is 0 Å². The van der Waals surface area contributed by atoms with Gasteiger partial charge in [-0.25, -0.2) is 0 Å². The van der Waals surface area contributed by atoms with Crippen molar-refractivity contribution in [2.45, 2.75) is 155 Å². The zero-order valence-electron chi connectivity index (χ0n) is 19.7. The monoisotopic (exact) mass is 416 g/mol. The molecule has 0 bridgehead atoms. The lowest BCUT2D eigenvalue weighted by atomic mass is 10.0. The standard InChI is InChI=1S/C24H51N.HNO3/c1-3-5-7-9-11-13-15-17-19-21-23-24(25)22-20-18-16-14-12-10-8-6-4-2;2-1(3)4/h24H,3-23,25H2,1-2H3;(H,2,3,4). The van der Waals surface area contributed by atoms with Crippen LogP contribution in [0.5, 0.6) is 0 Å². The number of rotatable bonds is 21. The van der Waals surface area contributed by atoms with Crippen molar-refractivity contribution in [3.05, 3.63) is 10.1 Å². The lowest BCUT2D eigenvalue weighted by Gasteiger charge is -2.11. The summed E-state index contributed by atoms with van der Waals surface area (Å²) in [4.78, 5) is 8.36. The SMILES string of the molecule is CCCCCCCCCCCCC(N)CCCCCCCCCCC.O=[N+]([O-])O. The molecular weight excluding hydrogens is 364 g/mol. The molecule has 0 spiro atoms. The topological polar surface area (TPSA) is 89.4 Å². The second kappa shape index (κ2) is 27.2. The Balaban J connectivity index is 0. The van der Waals surface area contributed by atoms with Gasteiger partial charge in [0.15, 0.2) is 0 Å². The maximum atomic E-state index is 8.36. The lowest BCUT2D eigenvalue weighted by Crippen LogP contribution is -2.19. The van der Waals surface area contributed by atoms with Gasteiger partial charge >= 0.3 is 0 Å². The van der Waals surface area contributed by atoms with E-state index in [9.17, 15) is 0 Å². The summed E-state index contributed by atoms with van der Waals surface area (Å²) in [5.74, 6) is 0. The summed E-state index contributed by atoms with van der Waals surface area (Å²) in [6.07, 6.45) is 29.5. The second-order valence-electron chi connectivity index (χ2n) is 8.59. The minimum Gasteiger partial charge on any atom is -0.328 e. The molecular formula is C24H52N2O3. The van der Waals surface area contributed by atoms with E-state index in [0.717, 1.165) is 0 Å². The van der Waals surface area contributed by atoms with Gasteiger partial charge in [-0.15, -0.1) is 10.1 Å². The summed E-state index contributed by atoms with van der Waals surface area (Å²) in [6, 6.07) is 0.471. The van der Waals surface area contributed by atoms with Crippen molar-refractivity contribution in [3.8, 4) is 0 Å². The molecule has 0 amide bonds. The summed E-state index contributed by atoms with van der Waals surface area (Å²) >= 11 is 0. The van der Waals surface area contributed by atoms with Crippen molar-refractivity contribution in [3.63, 3.8) is 0 Å². The first-order chi connectivity index (χ1) is 14.0. The Labute approximate surface area is 181 Å². The highest BCUT2D eigenvalue weighted by molar-refractivity contribution is 4.62. The van der Waals surface area contributed by atoms with Gasteiger partial charge in [-0.3, -0.25) is 0 Å². The molecule has 0 aliphatic carbocycles. The van der Waals surface area contributed by atoms with Gasteiger partial charge in [-0.05, 0) is 12.8 Å². The molecule has 1 atom stereocenters. The molecule has 0 heterocycles. The number of hydrogen-bond donors (Lipinski definition) is 2. The van der Waals surface area contributed by atoms with Gasteiger partial charge in [0.2, 0.25) is 0 Å². The van der Waals surface area contributed by atoms with E-state index in [-0.39, 0.29) is 0 Å². The maximum absolute atomic E-state index is 8.36. The van der Waals surface area contributed by atoms with E-state index in [0.29, 0.717) is 6.04 Å². The number of nitrogens with two attached hydrogens (primary N) is 1. The van der Waals surface area contributed by atoms with Crippen molar-refractivity contribution in [2.24, 2.45) is 5.73 Å². The first-order valence-corrected chi connectivity index (χ1v) is 12.6. The van der Waals surface area contributed by atoms with Crippen LogP contribution >= 0.6 is 0 Å². The van der Waals surface area contributed by atoms with E-state index >= 15 is 0 Å². The van der Waals surface area contributed by atoms with Crippen molar-refractivity contribution in [1.29, 1.82) is 0 Å². The molecule has 5 nitrogen and oxygen atoms in total. The van der Waals surface area contributed by atoms with Crippen LogP contribution in [0.2, 0.25) is 0 Å².